The largest absolute Gasteiger partial charge is 0.333 e. The van der Waals surface area contributed by atoms with Gasteiger partial charge in [-0.15, -0.1) is 0 Å². The number of nitrogens with zero attached hydrogens (tertiary/aromatic N) is 1. The third kappa shape index (κ3) is 4.63. The fourth-order valence-corrected chi connectivity index (χ4v) is 3.81. The molecule has 1 aliphatic heterocycles. The van der Waals surface area contributed by atoms with Gasteiger partial charge in [-0.05, 0) is 35.4 Å². The Morgan fingerprint density at radius 3 is 2.03 bits per heavy atom. The minimum Gasteiger partial charge on any atom is -0.333 e. The SMILES string of the molecule is O=C(NC(c1ccccc1)c1ccccc1)N[C@@H]1CC(=O)N(c2ccc(Cl)cc2)C1. The van der Waals surface area contributed by atoms with E-state index >= 15 is 0 Å². The Bertz CT molecular complexity index is 970. The lowest BCUT2D eigenvalue weighted by Crippen LogP contribution is -2.44. The molecule has 3 amide bonds. The van der Waals surface area contributed by atoms with Crippen molar-refractivity contribution in [2.75, 3.05) is 11.4 Å². The zero-order chi connectivity index (χ0) is 20.9. The average molecular weight is 420 g/mol. The number of halogens is 1. The Labute approximate surface area is 180 Å². The molecule has 0 aliphatic carbocycles. The number of amides is 3. The quantitative estimate of drug-likeness (QED) is 0.638. The highest BCUT2D eigenvalue weighted by atomic mass is 35.5. The first-order valence-corrected chi connectivity index (χ1v) is 10.2. The Morgan fingerprint density at radius 2 is 1.47 bits per heavy atom. The normalized spacial score (nSPS) is 16.0. The van der Waals surface area contributed by atoms with Gasteiger partial charge < -0.3 is 15.5 Å². The number of hydrogen-bond acceptors (Lipinski definition) is 2. The lowest BCUT2D eigenvalue weighted by molar-refractivity contribution is -0.117. The molecule has 1 fully saturated rings. The highest BCUT2D eigenvalue weighted by Gasteiger charge is 2.32. The topological polar surface area (TPSA) is 61.4 Å². The molecule has 4 rings (SSSR count). The number of rotatable bonds is 5. The molecule has 1 aliphatic rings. The van der Waals surface area contributed by atoms with Crippen LogP contribution in [-0.2, 0) is 4.79 Å². The van der Waals surface area contributed by atoms with Gasteiger partial charge in [0.2, 0.25) is 5.91 Å². The first-order valence-electron chi connectivity index (χ1n) is 9.83. The summed E-state index contributed by atoms with van der Waals surface area (Å²) < 4.78 is 0. The minimum absolute atomic E-state index is 0.0229. The van der Waals surface area contributed by atoms with Gasteiger partial charge in [0.05, 0.1) is 12.1 Å². The Balaban J connectivity index is 1.44. The van der Waals surface area contributed by atoms with E-state index < -0.39 is 0 Å². The van der Waals surface area contributed by atoms with Crippen LogP contribution >= 0.6 is 11.6 Å². The lowest BCUT2D eigenvalue weighted by atomic mass is 9.99. The summed E-state index contributed by atoms with van der Waals surface area (Å²) in [5.74, 6) is -0.0229. The molecule has 5 nitrogen and oxygen atoms in total. The number of urea groups is 1. The summed E-state index contributed by atoms with van der Waals surface area (Å²) in [7, 11) is 0. The molecule has 0 aromatic heterocycles. The second-order valence-electron chi connectivity index (χ2n) is 7.25. The molecule has 0 spiro atoms. The van der Waals surface area contributed by atoms with Crippen LogP contribution in [0.3, 0.4) is 0 Å². The van der Waals surface area contributed by atoms with Crippen LogP contribution < -0.4 is 15.5 Å². The number of anilines is 1. The van der Waals surface area contributed by atoms with Crippen LogP contribution in [0.4, 0.5) is 10.5 Å². The van der Waals surface area contributed by atoms with E-state index in [0.717, 1.165) is 16.8 Å². The van der Waals surface area contributed by atoms with Gasteiger partial charge in [-0.25, -0.2) is 4.79 Å². The molecule has 3 aromatic carbocycles. The maximum Gasteiger partial charge on any atom is 0.315 e. The predicted octanol–water partition coefficient (Wildman–Crippen LogP) is 4.53. The van der Waals surface area contributed by atoms with Gasteiger partial charge in [-0.3, -0.25) is 4.79 Å². The van der Waals surface area contributed by atoms with Crippen molar-refractivity contribution in [3.8, 4) is 0 Å². The molecule has 30 heavy (non-hydrogen) atoms. The number of nitrogens with one attached hydrogen (secondary N) is 2. The van der Waals surface area contributed by atoms with E-state index in [1.807, 2.05) is 72.8 Å². The summed E-state index contributed by atoms with van der Waals surface area (Å²) in [5.41, 5.74) is 2.76. The van der Waals surface area contributed by atoms with Gasteiger partial charge >= 0.3 is 6.03 Å². The number of benzene rings is 3. The fraction of sp³-hybridized carbons (Fsp3) is 0.167. The molecule has 3 aromatic rings. The van der Waals surface area contributed by atoms with Crippen molar-refractivity contribution in [2.45, 2.75) is 18.5 Å². The summed E-state index contributed by atoms with van der Waals surface area (Å²) >= 11 is 5.93. The molecule has 1 saturated heterocycles. The molecule has 2 N–H and O–H groups in total. The van der Waals surface area contributed by atoms with Crippen molar-refractivity contribution in [1.82, 2.24) is 10.6 Å². The van der Waals surface area contributed by atoms with Gasteiger partial charge in [0.1, 0.15) is 0 Å². The summed E-state index contributed by atoms with van der Waals surface area (Å²) in [6, 6.07) is 25.9. The molecule has 0 radical (unpaired) electrons. The minimum atomic E-state index is -0.302. The van der Waals surface area contributed by atoms with Crippen molar-refractivity contribution in [1.29, 1.82) is 0 Å². The van der Waals surface area contributed by atoms with Gasteiger partial charge in [-0.1, -0.05) is 72.3 Å². The standard InChI is InChI=1S/C24H22ClN3O2/c25-19-11-13-21(14-12-19)28-16-20(15-22(28)29)26-24(30)27-23(17-7-3-1-4-8-17)18-9-5-2-6-10-18/h1-14,20,23H,15-16H2,(H2,26,27,30)/t20-/m1/s1. The second kappa shape index (κ2) is 9.01. The monoisotopic (exact) mass is 419 g/mol. The first kappa shape index (κ1) is 20.0. The highest BCUT2D eigenvalue weighted by Crippen LogP contribution is 2.24. The Hall–Kier alpha value is -3.31. The summed E-state index contributed by atoms with van der Waals surface area (Å²) in [6.45, 7) is 0.426. The smallest absolute Gasteiger partial charge is 0.315 e. The molecule has 0 bridgehead atoms. The number of carbonyl (C=O) groups is 2. The third-order valence-corrected chi connectivity index (χ3v) is 5.39. The molecule has 0 saturated carbocycles. The Kier molecular flexibility index (Phi) is 6.00. The van der Waals surface area contributed by atoms with E-state index in [2.05, 4.69) is 10.6 Å². The van der Waals surface area contributed by atoms with Crippen molar-refractivity contribution in [2.24, 2.45) is 0 Å². The Morgan fingerprint density at radius 1 is 0.900 bits per heavy atom. The molecule has 1 heterocycles. The van der Waals surface area contributed by atoms with Crippen LogP contribution in [0.25, 0.3) is 0 Å². The summed E-state index contributed by atoms with van der Waals surface area (Å²) in [6.07, 6.45) is 0.261. The zero-order valence-corrected chi connectivity index (χ0v) is 17.0. The van der Waals surface area contributed by atoms with Gasteiger partial charge in [0, 0.05) is 23.7 Å². The maximum atomic E-state index is 12.8. The van der Waals surface area contributed by atoms with Gasteiger partial charge in [0.25, 0.3) is 0 Å². The van der Waals surface area contributed by atoms with E-state index in [1.165, 1.54) is 0 Å². The average Bonchev–Trinajstić information content (AvgIpc) is 3.13. The van der Waals surface area contributed by atoms with Crippen molar-refractivity contribution in [3.63, 3.8) is 0 Å². The lowest BCUT2D eigenvalue weighted by Gasteiger charge is -2.22. The zero-order valence-electron chi connectivity index (χ0n) is 16.3. The molecule has 6 heteroatoms. The molecule has 0 unspecified atom stereocenters. The van der Waals surface area contributed by atoms with E-state index in [4.69, 9.17) is 11.6 Å². The second-order valence-corrected chi connectivity index (χ2v) is 7.69. The van der Waals surface area contributed by atoms with Crippen LogP contribution in [0.15, 0.2) is 84.9 Å². The van der Waals surface area contributed by atoms with Crippen molar-refractivity contribution in [3.05, 3.63) is 101 Å². The maximum absolute atomic E-state index is 12.8. The van der Waals surface area contributed by atoms with E-state index in [0.29, 0.717) is 11.6 Å². The number of hydrogen-bond donors (Lipinski definition) is 2. The molecular weight excluding hydrogens is 398 g/mol. The van der Waals surface area contributed by atoms with Crippen molar-refractivity contribution < 1.29 is 9.59 Å². The van der Waals surface area contributed by atoms with Gasteiger partial charge in [-0.2, -0.15) is 0 Å². The summed E-state index contributed by atoms with van der Waals surface area (Å²) in [4.78, 5) is 26.9. The van der Waals surface area contributed by atoms with E-state index in [-0.39, 0.29) is 30.4 Å². The van der Waals surface area contributed by atoms with Crippen LogP contribution in [-0.4, -0.2) is 24.5 Å². The predicted molar refractivity (Wildman–Crippen MR) is 119 cm³/mol. The fourth-order valence-electron chi connectivity index (χ4n) is 3.68. The number of carbonyl (C=O) groups excluding carboxylic acids is 2. The van der Waals surface area contributed by atoms with Crippen LogP contribution in [0, 0.1) is 0 Å². The van der Waals surface area contributed by atoms with E-state index in [1.54, 1.807) is 17.0 Å². The van der Waals surface area contributed by atoms with E-state index in [9.17, 15) is 9.59 Å². The summed E-state index contributed by atoms with van der Waals surface area (Å²) in [5, 5.41) is 6.63. The molecular formula is C24H22ClN3O2. The molecule has 1 atom stereocenters. The van der Waals surface area contributed by atoms with Crippen LogP contribution in [0.2, 0.25) is 5.02 Å². The molecule has 152 valence electrons. The van der Waals surface area contributed by atoms with Crippen molar-refractivity contribution >= 4 is 29.2 Å². The highest BCUT2D eigenvalue weighted by molar-refractivity contribution is 6.30. The third-order valence-electron chi connectivity index (χ3n) is 5.14. The van der Waals surface area contributed by atoms with Crippen LogP contribution in [0.5, 0.6) is 0 Å². The van der Waals surface area contributed by atoms with Crippen LogP contribution in [0.1, 0.15) is 23.6 Å². The first-order chi connectivity index (χ1) is 14.6. The van der Waals surface area contributed by atoms with Gasteiger partial charge in [0.15, 0.2) is 0 Å².